The number of aliphatic hydroxyl groups is 1. The van der Waals surface area contributed by atoms with Crippen LogP contribution in [0.3, 0.4) is 0 Å². The first kappa shape index (κ1) is 13.0. The molecule has 92 valence electrons. The molecule has 0 bridgehead atoms. The highest BCUT2D eigenvalue weighted by atomic mass is 16.3. The molecule has 1 saturated heterocycles. The molecule has 0 aromatic rings. The van der Waals surface area contributed by atoms with Crippen LogP contribution in [0.15, 0.2) is 12.7 Å². The van der Waals surface area contributed by atoms with E-state index in [0.29, 0.717) is 6.54 Å². The standard InChI is InChI=1S/C12H22N2O2/c1-3-8-13-11(16)14-9-4-6-12(14,2)7-5-10-15/h3,15H,1,4-10H2,2H3,(H,13,16). The fourth-order valence-corrected chi connectivity index (χ4v) is 2.34. The van der Waals surface area contributed by atoms with Crippen molar-refractivity contribution in [2.45, 2.75) is 38.1 Å². The van der Waals surface area contributed by atoms with Crippen molar-refractivity contribution in [2.24, 2.45) is 0 Å². The molecule has 2 N–H and O–H groups in total. The number of amides is 2. The molecule has 1 rings (SSSR count). The maximum absolute atomic E-state index is 11.9. The predicted molar refractivity (Wildman–Crippen MR) is 64.3 cm³/mol. The second-order valence-electron chi connectivity index (χ2n) is 4.55. The highest BCUT2D eigenvalue weighted by molar-refractivity contribution is 5.75. The maximum atomic E-state index is 11.9. The summed E-state index contributed by atoms with van der Waals surface area (Å²) in [7, 11) is 0. The third-order valence-corrected chi connectivity index (χ3v) is 3.26. The van der Waals surface area contributed by atoms with Crippen LogP contribution in [0, 0.1) is 0 Å². The van der Waals surface area contributed by atoms with E-state index in [1.165, 1.54) is 0 Å². The second-order valence-corrected chi connectivity index (χ2v) is 4.55. The fourth-order valence-electron chi connectivity index (χ4n) is 2.34. The SMILES string of the molecule is C=CCNC(=O)N1CCCC1(C)CCCO. The minimum absolute atomic E-state index is 0.0159. The van der Waals surface area contributed by atoms with E-state index in [0.717, 1.165) is 32.2 Å². The predicted octanol–water partition coefficient (Wildman–Crippen LogP) is 1.51. The van der Waals surface area contributed by atoms with Crippen LogP contribution < -0.4 is 5.32 Å². The van der Waals surface area contributed by atoms with Crippen molar-refractivity contribution in [3.63, 3.8) is 0 Å². The van der Waals surface area contributed by atoms with Crippen LogP contribution >= 0.6 is 0 Å². The Balaban J connectivity index is 2.56. The lowest BCUT2D eigenvalue weighted by atomic mass is 9.93. The molecule has 1 aliphatic rings. The minimum atomic E-state index is -0.0893. The van der Waals surface area contributed by atoms with Gasteiger partial charge in [-0.2, -0.15) is 0 Å². The molecule has 16 heavy (non-hydrogen) atoms. The van der Waals surface area contributed by atoms with E-state index in [1.807, 2.05) is 4.90 Å². The fraction of sp³-hybridized carbons (Fsp3) is 0.750. The van der Waals surface area contributed by atoms with E-state index in [1.54, 1.807) is 6.08 Å². The number of urea groups is 1. The zero-order valence-corrected chi connectivity index (χ0v) is 10.0. The maximum Gasteiger partial charge on any atom is 0.318 e. The minimum Gasteiger partial charge on any atom is -0.396 e. The van der Waals surface area contributed by atoms with Crippen molar-refractivity contribution < 1.29 is 9.90 Å². The summed E-state index contributed by atoms with van der Waals surface area (Å²) in [5, 5.41) is 11.7. The first-order valence-electron chi connectivity index (χ1n) is 5.91. The van der Waals surface area contributed by atoms with Crippen LogP contribution in [0.5, 0.6) is 0 Å². The smallest absolute Gasteiger partial charge is 0.318 e. The van der Waals surface area contributed by atoms with E-state index in [4.69, 9.17) is 5.11 Å². The molecule has 2 amide bonds. The summed E-state index contributed by atoms with van der Waals surface area (Å²) >= 11 is 0. The monoisotopic (exact) mass is 226 g/mol. The van der Waals surface area contributed by atoms with Crippen molar-refractivity contribution in [3.8, 4) is 0 Å². The lowest BCUT2D eigenvalue weighted by Gasteiger charge is -2.35. The van der Waals surface area contributed by atoms with Gasteiger partial charge in [-0.15, -0.1) is 6.58 Å². The molecule has 0 aromatic carbocycles. The Morgan fingerprint density at radius 2 is 2.44 bits per heavy atom. The Morgan fingerprint density at radius 3 is 3.06 bits per heavy atom. The quantitative estimate of drug-likeness (QED) is 0.698. The molecule has 1 aliphatic heterocycles. The summed E-state index contributed by atoms with van der Waals surface area (Å²) in [6, 6.07) is -0.0159. The number of rotatable bonds is 5. The van der Waals surface area contributed by atoms with E-state index in [9.17, 15) is 4.79 Å². The van der Waals surface area contributed by atoms with Crippen molar-refractivity contribution in [1.29, 1.82) is 0 Å². The van der Waals surface area contributed by atoms with Crippen LogP contribution in [0.4, 0.5) is 4.79 Å². The number of likely N-dealkylation sites (tertiary alicyclic amines) is 1. The van der Waals surface area contributed by atoms with Crippen LogP contribution in [0.2, 0.25) is 0 Å². The van der Waals surface area contributed by atoms with Gasteiger partial charge in [-0.3, -0.25) is 0 Å². The van der Waals surface area contributed by atoms with E-state index in [-0.39, 0.29) is 18.2 Å². The molecule has 1 unspecified atom stereocenters. The summed E-state index contributed by atoms with van der Waals surface area (Å²) in [6.07, 6.45) is 5.36. The Morgan fingerprint density at radius 1 is 1.69 bits per heavy atom. The van der Waals surface area contributed by atoms with Gasteiger partial charge < -0.3 is 15.3 Å². The van der Waals surface area contributed by atoms with Gasteiger partial charge in [0.1, 0.15) is 0 Å². The average Bonchev–Trinajstić information content (AvgIpc) is 2.66. The van der Waals surface area contributed by atoms with E-state index < -0.39 is 0 Å². The van der Waals surface area contributed by atoms with Gasteiger partial charge in [0.2, 0.25) is 0 Å². The van der Waals surface area contributed by atoms with E-state index in [2.05, 4.69) is 18.8 Å². The molecule has 0 radical (unpaired) electrons. The van der Waals surface area contributed by atoms with Crippen LogP contribution in [0.1, 0.15) is 32.6 Å². The molecule has 0 saturated carbocycles. The lowest BCUT2D eigenvalue weighted by molar-refractivity contribution is 0.142. The Kier molecular flexibility index (Phi) is 4.80. The largest absolute Gasteiger partial charge is 0.396 e. The summed E-state index contributed by atoms with van der Waals surface area (Å²) in [5.41, 5.74) is -0.0893. The van der Waals surface area contributed by atoms with E-state index >= 15 is 0 Å². The topological polar surface area (TPSA) is 52.6 Å². The summed E-state index contributed by atoms with van der Waals surface area (Å²) in [4.78, 5) is 13.8. The molecular formula is C12H22N2O2. The number of carbonyl (C=O) groups excluding carboxylic acids is 1. The van der Waals surface area contributed by atoms with Gasteiger partial charge in [-0.1, -0.05) is 6.08 Å². The third kappa shape index (κ3) is 2.98. The molecule has 0 spiro atoms. The van der Waals surface area contributed by atoms with Crippen LogP contribution in [-0.4, -0.2) is 41.3 Å². The normalized spacial score (nSPS) is 24.5. The van der Waals surface area contributed by atoms with Gasteiger partial charge in [0.15, 0.2) is 0 Å². The molecule has 4 nitrogen and oxygen atoms in total. The molecule has 0 aromatic heterocycles. The van der Waals surface area contributed by atoms with Crippen molar-refractivity contribution in [1.82, 2.24) is 10.2 Å². The zero-order valence-electron chi connectivity index (χ0n) is 10.0. The van der Waals surface area contributed by atoms with Crippen LogP contribution in [0.25, 0.3) is 0 Å². The van der Waals surface area contributed by atoms with Gasteiger partial charge in [-0.25, -0.2) is 4.79 Å². The van der Waals surface area contributed by atoms with Crippen molar-refractivity contribution >= 4 is 6.03 Å². The molecule has 1 fully saturated rings. The third-order valence-electron chi connectivity index (χ3n) is 3.26. The number of hydrogen-bond donors (Lipinski definition) is 2. The number of nitrogens with one attached hydrogen (secondary N) is 1. The Labute approximate surface area is 97.3 Å². The molecule has 1 heterocycles. The highest BCUT2D eigenvalue weighted by Gasteiger charge is 2.38. The van der Waals surface area contributed by atoms with Crippen LogP contribution in [-0.2, 0) is 0 Å². The first-order chi connectivity index (χ1) is 7.64. The number of carbonyl (C=O) groups is 1. The second kappa shape index (κ2) is 5.89. The van der Waals surface area contributed by atoms with Gasteiger partial charge in [0.25, 0.3) is 0 Å². The van der Waals surface area contributed by atoms with Gasteiger partial charge in [0, 0.05) is 25.2 Å². The first-order valence-corrected chi connectivity index (χ1v) is 5.91. The van der Waals surface area contributed by atoms with Gasteiger partial charge >= 0.3 is 6.03 Å². The summed E-state index contributed by atoms with van der Waals surface area (Å²) in [6.45, 7) is 7.19. The van der Waals surface area contributed by atoms with Gasteiger partial charge in [-0.05, 0) is 32.6 Å². The lowest BCUT2D eigenvalue weighted by Crippen LogP contribution is -2.49. The molecular weight excluding hydrogens is 204 g/mol. The average molecular weight is 226 g/mol. The van der Waals surface area contributed by atoms with Gasteiger partial charge in [0.05, 0.1) is 0 Å². The molecule has 0 aliphatic carbocycles. The van der Waals surface area contributed by atoms with Crippen molar-refractivity contribution in [3.05, 3.63) is 12.7 Å². The summed E-state index contributed by atoms with van der Waals surface area (Å²) < 4.78 is 0. The van der Waals surface area contributed by atoms with Crippen molar-refractivity contribution in [2.75, 3.05) is 19.7 Å². The zero-order chi connectivity index (χ0) is 12.0. The summed E-state index contributed by atoms with van der Waals surface area (Å²) in [5.74, 6) is 0. The molecule has 1 atom stereocenters. The highest BCUT2D eigenvalue weighted by Crippen LogP contribution is 2.32. The number of aliphatic hydroxyl groups excluding tert-OH is 1. The molecule has 4 heteroatoms. The number of nitrogens with zero attached hydrogens (tertiary/aromatic N) is 1. The Hall–Kier alpha value is -1.03. The Bertz CT molecular complexity index is 255. The number of hydrogen-bond acceptors (Lipinski definition) is 2.